The van der Waals surface area contributed by atoms with E-state index in [2.05, 4.69) is 154 Å². The Morgan fingerprint density at radius 2 is 0.850 bits per heavy atom. The van der Waals surface area contributed by atoms with Crippen molar-refractivity contribution in [2.75, 3.05) is 0 Å². The van der Waals surface area contributed by atoms with Gasteiger partial charge >= 0.3 is 0 Å². The van der Waals surface area contributed by atoms with Crippen LogP contribution in [0.5, 0.6) is 0 Å². The van der Waals surface area contributed by atoms with Crippen LogP contribution in [-0.4, -0.2) is 13.7 Å². The lowest BCUT2D eigenvalue weighted by molar-refractivity contribution is 1.01. The SMILES string of the molecule is Cn1c2ccccc2c2cc(-n3c4ccccc4c4cccc(-n5c6ccccc6c6ccccc65)c43)ccc21. The molecule has 40 heavy (non-hydrogen) atoms. The normalized spacial score (nSPS) is 12.1. The fraction of sp³-hybridized carbons (Fsp3) is 0.0270. The highest BCUT2D eigenvalue weighted by Crippen LogP contribution is 2.40. The number of fused-ring (bicyclic) bond motifs is 9. The first-order chi connectivity index (χ1) is 19.8. The minimum atomic E-state index is 1.17. The van der Waals surface area contributed by atoms with Crippen molar-refractivity contribution in [1.29, 1.82) is 0 Å². The van der Waals surface area contributed by atoms with Gasteiger partial charge in [-0.1, -0.05) is 84.9 Å². The number of aromatic nitrogens is 3. The van der Waals surface area contributed by atoms with Gasteiger partial charge in [0.15, 0.2) is 0 Å². The van der Waals surface area contributed by atoms with E-state index in [9.17, 15) is 0 Å². The highest BCUT2D eigenvalue weighted by molar-refractivity contribution is 6.15. The molecule has 0 aliphatic carbocycles. The average molecular weight is 512 g/mol. The van der Waals surface area contributed by atoms with Crippen LogP contribution in [0.4, 0.5) is 0 Å². The number of para-hydroxylation sites is 5. The zero-order chi connectivity index (χ0) is 26.4. The van der Waals surface area contributed by atoms with E-state index in [-0.39, 0.29) is 0 Å². The summed E-state index contributed by atoms with van der Waals surface area (Å²) in [6.07, 6.45) is 0. The number of aryl methyl sites for hydroxylation is 1. The van der Waals surface area contributed by atoms with Gasteiger partial charge in [0.05, 0.1) is 27.8 Å². The zero-order valence-electron chi connectivity index (χ0n) is 22.0. The quantitative estimate of drug-likeness (QED) is 0.219. The Morgan fingerprint density at radius 1 is 0.375 bits per heavy atom. The topological polar surface area (TPSA) is 14.8 Å². The lowest BCUT2D eigenvalue weighted by Crippen LogP contribution is -2.00. The maximum absolute atomic E-state index is 2.46. The first-order valence-electron chi connectivity index (χ1n) is 13.8. The van der Waals surface area contributed by atoms with E-state index >= 15 is 0 Å². The Hall–Kier alpha value is -5.28. The monoisotopic (exact) mass is 511 g/mol. The van der Waals surface area contributed by atoms with E-state index < -0.39 is 0 Å². The van der Waals surface area contributed by atoms with E-state index in [0.29, 0.717) is 0 Å². The van der Waals surface area contributed by atoms with Crippen LogP contribution in [0.15, 0.2) is 133 Å². The first kappa shape index (κ1) is 21.6. The molecule has 0 N–H and O–H groups in total. The summed E-state index contributed by atoms with van der Waals surface area (Å²) >= 11 is 0. The van der Waals surface area contributed by atoms with E-state index in [1.165, 1.54) is 76.8 Å². The third kappa shape index (κ3) is 2.73. The van der Waals surface area contributed by atoms with Gasteiger partial charge in [0.2, 0.25) is 0 Å². The van der Waals surface area contributed by atoms with Crippen LogP contribution in [0.25, 0.3) is 76.8 Å². The predicted molar refractivity (Wildman–Crippen MR) is 169 cm³/mol. The summed E-state index contributed by atoms with van der Waals surface area (Å²) in [5.74, 6) is 0. The molecule has 3 heterocycles. The Balaban J connectivity index is 1.46. The molecule has 9 aromatic rings. The second-order valence-corrected chi connectivity index (χ2v) is 10.7. The van der Waals surface area contributed by atoms with Crippen LogP contribution in [0.2, 0.25) is 0 Å². The van der Waals surface area contributed by atoms with Crippen molar-refractivity contribution in [3.8, 4) is 11.4 Å². The maximum Gasteiger partial charge on any atom is 0.0782 e. The maximum atomic E-state index is 2.46. The summed E-state index contributed by atoms with van der Waals surface area (Å²) in [6.45, 7) is 0. The molecule has 9 rings (SSSR count). The lowest BCUT2D eigenvalue weighted by Gasteiger charge is -2.14. The van der Waals surface area contributed by atoms with Gasteiger partial charge in [-0.15, -0.1) is 0 Å². The van der Waals surface area contributed by atoms with Gasteiger partial charge in [-0.2, -0.15) is 0 Å². The van der Waals surface area contributed by atoms with Crippen LogP contribution in [0.1, 0.15) is 0 Å². The molecule has 0 unspecified atom stereocenters. The van der Waals surface area contributed by atoms with Crippen LogP contribution >= 0.6 is 0 Å². The van der Waals surface area contributed by atoms with Crippen molar-refractivity contribution in [1.82, 2.24) is 13.7 Å². The molecule has 3 heteroatoms. The summed E-state index contributed by atoms with van der Waals surface area (Å²) in [6, 6.07) is 48.6. The molecular weight excluding hydrogens is 486 g/mol. The van der Waals surface area contributed by atoms with Gasteiger partial charge in [-0.05, 0) is 48.5 Å². The molecule has 0 radical (unpaired) electrons. The minimum Gasteiger partial charge on any atom is -0.344 e. The largest absolute Gasteiger partial charge is 0.344 e. The Kier molecular flexibility index (Phi) is 4.26. The van der Waals surface area contributed by atoms with Crippen molar-refractivity contribution in [3.05, 3.63) is 133 Å². The number of rotatable bonds is 2. The molecular formula is C37H25N3. The Labute approximate surface area is 230 Å². The van der Waals surface area contributed by atoms with Gasteiger partial charge in [0.1, 0.15) is 0 Å². The summed E-state index contributed by atoms with van der Waals surface area (Å²) in [5.41, 5.74) is 9.72. The van der Waals surface area contributed by atoms with Crippen LogP contribution in [0.3, 0.4) is 0 Å². The van der Waals surface area contributed by atoms with Crippen LogP contribution < -0.4 is 0 Å². The van der Waals surface area contributed by atoms with Gasteiger partial charge in [-0.3, -0.25) is 0 Å². The second kappa shape index (κ2) is 7.87. The van der Waals surface area contributed by atoms with E-state index in [1.54, 1.807) is 0 Å². The summed E-state index contributed by atoms with van der Waals surface area (Å²) in [4.78, 5) is 0. The van der Waals surface area contributed by atoms with E-state index in [0.717, 1.165) is 0 Å². The lowest BCUT2D eigenvalue weighted by atomic mass is 10.1. The third-order valence-electron chi connectivity index (χ3n) is 8.65. The van der Waals surface area contributed by atoms with Gasteiger partial charge in [0, 0.05) is 56.1 Å². The molecule has 188 valence electrons. The molecule has 0 spiro atoms. The van der Waals surface area contributed by atoms with Crippen molar-refractivity contribution < 1.29 is 0 Å². The fourth-order valence-corrected chi connectivity index (χ4v) is 6.93. The molecule has 0 saturated heterocycles. The van der Waals surface area contributed by atoms with Gasteiger partial charge in [-0.25, -0.2) is 0 Å². The molecule has 0 bridgehead atoms. The number of hydrogen-bond acceptors (Lipinski definition) is 0. The average Bonchev–Trinajstić information content (AvgIpc) is 3.63. The van der Waals surface area contributed by atoms with Crippen molar-refractivity contribution in [3.63, 3.8) is 0 Å². The molecule has 0 saturated carbocycles. The number of benzene rings is 6. The second-order valence-electron chi connectivity index (χ2n) is 10.7. The fourth-order valence-electron chi connectivity index (χ4n) is 6.93. The van der Waals surface area contributed by atoms with Gasteiger partial charge in [0.25, 0.3) is 0 Å². The molecule has 3 nitrogen and oxygen atoms in total. The molecule has 0 amide bonds. The summed E-state index contributed by atoms with van der Waals surface area (Å²) < 4.78 is 7.20. The Morgan fingerprint density at radius 3 is 1.50 bits per heavy atom. The molecule has 0 aliphatic heterocycles. The van der Waals surface area contributed by atoms with E-state index in [4.69, 9.17) is 0 Å². The molecule has 0 aliphatic rings. The predicted octanol–water partition coefficient (Wildman–Crippen LogP) is 9.53. The van der Waals surface area contributed by atoms with Gasteiger partial charge < -0.3 is 13.7 Å². The van der Waals surface area contributed by atoms with Crippen molar-refractivity contribution in [2.24, 2.45) is 7.05 Å². The Bertz CT molecular complexity index is 2390. The molecule has 6 aromatic carbocycles. The third-order valence-corrected chi connectivity index (χ3v) is 8.65. The van der Waals surface area contributed by atoms with Crippen molar-refractivity contribution in [2.45, 2.75) is 0 Å². The van der Waals surface area contributed by atoms with E-state index in [1.807, 2.05) is 0 Å². The molecule has 0 atom stereocenters. The summed E-state index contributed by atoms with van der Waals surface area (Å²) in [5, 5.41) is 7.62. The van der Waals surface area contributed by atoms with Crippen molar-refractivity contribution >= 4 is 65.4 Å². The zero-order valence-corrected chi connectivity index (χ0v) is 22.0. The van der Waals surface area contributed by atoms with Crippen LogP contribution in [0, 0.1) is 0 Å². The highest BCUT2D eigenvalue weighted by Gasteiger charge is 2.20. The molecule has 3 aromatic heterocycles. The number of nitrogens with zero attached hydrogens (tertiary/aromatic N) is 3. The smallest absolute Gasteiger partial charge is 0.0782 e. The molecule has 0 fully saturated rings. The van der Waals surface area contributed by atoms with Crippen LogP contribution in [-0.2, 0) is 7.05 Å². The summed E-state index contributed by atoms with van der Waals surface area (Å²) in [7, 11) is 2.16. The number of hydrogen-bond donors (Lipinski definition) is 0. The minimum absolute atomic E-state index is 1.17. The standard InChI is InChI=1S/C37H25N3/c1-38-31-16-6-2-14-28(31)30-23-24(21-22-32(30)38)39-33-17-7-5-13-27(33)29-15-10-20-36(37(29)39)40-34-18-8-3-11-25(34)26-12-4-9-19-35(26)40/h2-23H,1H3. The highest BCUT2D eigenvalue weighted by atomic mass is 15.1. The first-order valence-corrected chi connectivity index (χ1v) is 13.8.